The van der Waals surface area contributed by atoms with E-state index in [1.807, 2.05) is 0 Å². The maximum atomic E-state index is 13.0. The Hall–Kier alpha value is -1.67. The second-order valence-corrected chi connectivity index (χ2v) is 14.7. The van der Waals surface area contributed by atoms with Crippen molar-refractivity contribution in [2.75, 3.05) is 10.6 Å². The van der Waals surface area contributed by atoms with Crippen LogP contribution in [0.1, 0.15) is 17.3 Å². The third-order valence-corrected chi connectivity index (χ3v) is 9.65. The van der Waals surface area contributed by atoms with E-state index in [0.29, 0.717) is 23.7 Å². The molecule has 1 heterocycles. The van der Waals surface area contributed by atoms with Gasteiger partial charge in [0.05, 0.1) is 31.4 Å². The van der Waals surface area contributed by atoms with E-state index in [0.717, 1.165) is 6.92 Å². The smallest absolute Gasteiger partial charge is 0.744 e. The molecular formula is C27H15Cl2N6Na3O11S3. The summed E-state index contributed by atoms with van der Waals surface area (Å²) in [6, 6.07) is 10.3. The summed E-state index contributed by atoms with van der Waals surface area (Å²) < 4.78 is 107. The molecule has 2 N–H and O–H groups in total. The normalized spacial score (nSPS) is 11.7. The van der Waals surface area contributed by atoms with Crippen LogP contribution in [0, 0.1) is 0 Å². The Bertz CT molecular complexity index is 2640. The number of hydrogen-bond acceptors (Lipinski definition) is 15. The number of carbonyl (C=O) groups excluding carboxylic acids is 2. The van der Waals surface area contributed by atoms with Crippen molar-refractivity contribution in [3.05, 3.63) is 76.5 Å². The summed E-state index contributed by atoms with van der Waals surface area (Å²) in [5, 5.41) is 11.4. The molecule has 0 atom stereocenters. The summed E-state index contributed by atoms with van der Waals surface area (Å²) in [5.41, 5.74) is -0.0697. The number of anilines is 2. The minimum atomic E-state index is -5.47. The fraction of sp³-hybridized carbons (Fsp3) is 0.0370. The second kappa shape index (κ2) is 17.9. The number of hydrogen-bond donors (Lipinski definition) is 2. The Kier molecular flexibility index (Phi) is 16.0. The van der Waals surface area contributed by atoms with Gasteiger partial charge in [-0.05, 0) is 66.0 Å². The van der Waals surface area contributed by atoms with Crippen molar-refractivity contribution in [1.29, 1.82) is 0 Å². The van der Waals surface area contributed by atoms with Crippen LogP contribution < -0.4 is 99.3 Å². The zero-order valence-corrected chi connectivity index (χ0v) is 37.0. The van der Waals surface area contributed by atoms with E-state index in [9.17, 15) is 48.5 Å². The number of carbonyl (C=O) groups is 2. The SMILES string of the molecule is CC(=O)Nc1cc(NC(=O)c2ccc3nc(Cl)c(Cl)nc3c2)ccc1N=Nc1cc2c(S(=O)(=O)[O-])cc(S(=O)(=O)[O-])cc2cc1S(=O)(=O)[O-].[Na+].[Na+].[Na+]. The van der Waals surface area contributed by atoms with Gasteiger partial charge in [-0.2, -0.15) is 0 Å². The van der Waals surface area contributed by atoms with Crippen molar-refractivity contribution >= 4 is 110 Å². The molecule has 254 valence electrons. The van der Waals surface area contributed by atoms with Crippen molar-refractivity contribution in [2.24, 2.45) is 10.2 Å². The molecular weight excluding hydrogens is 820 g/mol. The van der Waals surface area contributed by atoms with Crippen LogP contribution in [0.3, 0.4) is 0 Å². The van der Waals surface area contributed by atoms with Crippen LogP contribution in [0.5, 0.6) is 0 Å². The van der Waals surface area contributed by atoms with Gasteiger partial charge in [0, 0.05) is 23.6 Å². The molecule has 0 bridgehead atoms. The molecule has 5 rings (SSSR count). The molecule has 0 aliphatic rings. The number of aromatic nitrogens is 2. The minimum Gasteiger partial charge on any atom is -0.744 e. The Labute approximate surface area is 371 Å². The van der Waals surface area contributed by atoms with E-state index < -0.39 is 73.3 Å². The molecule has 0 spiro atoms. The van der Waals surface area contributed by atoms with E-state index in [4.69, 9.17) is 23.2 Å². The zero-order chi connectivity index (χ0) is 36.1. The van der Waals surface area contributed by atoms with Gasteiger partial charge in [-0.25, -0.2) is 35.2 Å². The van der Waals surface area contributed by atoms with Crippen LogP contribution in [0.15, 0.2) is 85.6 Å². The number of amides is 2. The summed E-state index contributed by atoms with van der Waals surface area (Å²) in [6.07, 6.45) is 0. The van der Waals surface area contributed by atoms with Crippen LogP contribution in [-0.2, 0) is 35.1 Å². The Balaban J connectivity index is 0.00000312. The average molecular weight is 836 g/mol. The summed E-state index contributed by atoms with van der Waals surface area (Å²) in [7, 11) is -16.2. The van der Waals surface area contributed by atoms with Gasteiger partial charge in [-0.3, -0.25) is 9.59 Å². The molecule has 17 nitrogen and oxygen atoms in total. The number of nitrogens with zero attached hydrogens (tertiary/aromatic N) is 4. The second-order valence-electron chi connectivity index (χ2n) is 9.90. The van der Waals surface area contributed by atoms with Crippen molar-refractivity contribution < 1.29 is 137 Å². The third-order valence-electron chi connectivity index (χ3n) is 6.47. The monoisotopic (exact) mass is 834 g/mol. The predicted molar refractivity (Wildman–Crippen MR) is 170 cm³/mol. The van der Waals surface area contributed by atoms with Gasteiger partial charge in [0.25, 0.3) is 5.91 Å². The van der Waals surface area contributed by atoms with Gasteiger partial charge in [-0.15, -0.1) is 10.2 Å². The first kappa shape index (κ1) is 46.5. The molecule has 0 aliphatic carbocycles. The van der Waals surface area contributed by atoms with Crippen LogP contribution in [0.25, 0.3) is 21.8 Å². The van der Waals surface area contributed by atoms with Gasteiger partial charge in [0.1, 0.15) is 41.7 Å². The molecule has 0 radical (unpaired) electrons. The number of fused-ring (bicyclic) bond motifs is 2. The maximum Gasteiger partial charge on any atom is 1.00 e. The number of halogens is 2. The fourth-order valence-corrected chi connectivity index (χ4v) is 6.62. The van der Waals surface area contributed by atoms with E-state index >= 15 is 0 Å². The molecule has 0 saturated carbocycles. The first-order valence-corrected chi connectivity index (χ1v) is 18.0. The molecule has 0 saturated heterocycles. The van der Waals surface area contributed by atoms with E-state index in [2.05, 4.69) is 30.8 Å². The number of benzene rings is 4. The maximum absolute atomic E-state index is 13.0. The van der Waals surface area contributed by atoms with E-state index in [1.165, 1.54) is 36.4 Å². The third kappa shape index (κ3) is 11.0. The van der Waals surface area contributed by atoms with Crippen molar-refractivity contribution in [2.45, 2.75) is 21.6 Å². The topological polar surface area (TPSA) is 280 Å². The van der Waals surface area contributed by atoms with Crippen molar-refractivity contribution in [3.63, 3.8) is 0 Å². The largest absolute Gasteiger partial charge is 1.00 e. The Morgan fingerprint density at radius 1 is 0.673 bits per heavy atom. The molecule has 0 unspecified atom stereocenters. The van der Waals surface area contributed by atoms with E-state index in [-0.39, 0.29) is 133 Å². The van der Waals surface area contributed by atoms with Crippen LogP contribution in [0.2, 0.25) is 10.3 Å². The standard InChI is InChI=1S/C27H18Cl2N6O11S3.3Na/c1-12(36)30-21-9-15(31-27(37)13-2-4-18-20(7-13)33-26(29)25(28)32-18)3-5-19(21)34-35-22-11-17-14(8-24(22)49(44,45)46)6-16(47(38,39)40)10-23(17)48(41,42)43;;;/h2-11H,1H3,(H,30,36)(H,31,37)(H,38,39,40)(H,41,42,43)(H,44,45,46);;;/q;3*+1/p-3. The predicted octanol–water partition coefficient (Wildman–Crippen LogP) is -4.56. The summed E-state index contributed by atoms with van der Waals surface area (Å²) in [6.45, 7) is 1.15. The quantitative estimate of drug-likeness (QED) is 0.0848. The molecule has 1 aromatic heterocycles. The molecule has 0 fully saturated rings. The summed E-state index contributed by atoms with van der Waals surface area (Å²) >= 11 is 11.8. The van der Waals surface area contributed by atoms with Crippen molar-refractivity contribution in [3.8, 4) is 0 Å². The first-order valence-electron chi connectivity index (χ1n) is 13.0. The van der Waals surface area contributed by atoms with Gasteiger partial charge in [0.15, 0.2) is 10.3 Å². The van der Waals surface area contributed by atoms with Gasteiger partial charge in [-0.1, -0.05) is 23.2 Å². The van der Waals surface area contributed by atoms with Gasteiger partial charge < -0.3 is 24.3 Å². The zero-order valence-electron chi connectivity index (χ0n) is 27.0. The first-order chi connectivity index (χ1) is 22.7. The molecule has 52 heavy (non-hydrogen) atoms. The summed E-state index contributed by atoms with van der Waals surface area (Å²) in [4.78, 5) is 29.6. The van der Waals surface area contributed by atoms with E-state index in [1.54, 1.807) is 0 Å². The fourth-order valence-electron chi connectivity index (χ4n) is 4.40. The molecule has 4 aromatic carbocycles. The molecule has 5 aromatic rings. The van der Waals surface area contributed by atoms with Crippen LogP contribution in [-0.4, -0.2) is 60.7 Å². The number of rotatable bonds is 8. The molecule has 25 heteroatoms. The number of azo groups is 1. The number of nitrogens with one attached hydrogen (secondary N) is 2. The average Bonchev–Trinajstić information content (AvgIpc) is 2.98. The van der Waals surface area contributed by atoms with Crippen LogP contribution >= 0.6 is 23.2 Å². The molecule has 0 aliphatic heterocycles. The van der Waals surface area contributed by atoms with Gasteiger partial charge in [0.2, 0.25) is 5.91 Å². The van der Waals surface area contributed by atoms with Crippen molar-refractivity contribution in [1.82, 2.24) is 9.97 Å². The van der Waals surface area contributed by atoms with Crippen LogP contribution in [0.4, 0.5) is 22.7 Å². The molecule has 2 amide bonds. The minimum absolute atomic E-state index is 0. The Morgan fingerprint density at radius 3 is 1.85 bits per heavy atom. The Morgan fingerprint density at radius 2 is 1.27 bits per heavy atom. The van der Waals surface area contributed by atoms with Gasteiger partial charge >= 0.3 is 88.7 Å². The summed E-state index contributed by atoms with van der Waals surface area (Å²) in [5.74, 6) is -1.22.